The molecule has 0 aromatic heterocycles. The van der Waals surface area contributed by atoms with Gasteiger partial charge in [-0.2, -0.15) is 5.10 Å². The summed E-state index contributed by atoms with van der Waals surface area (Å²) in [6.07, 6.45) is 1.51. The molecular weight excluding hydrogens is 628 g/mol. The van der Waals surface area contributed by atoms with Crippen LogP contribution in [0.1, 0.15) is 34.7 Å². The molecule has 0 atom stereocenters. The van der Waals surface area contributed by atoms with E-state index in [1.807, 2.05) is 65.0 Å². The largest absolute Gasteiger partial charge is 0.490 e. The lowest BCUT2D eigenvalue weighted by atomic mass is 10.1. The minimum absolute atomic E-state index is 0.0846. The Kier molecular flexibility index (Phi) is 10.9. The number of hydrogen-bond donors (Lipinski definition) is 3. The number of halogens is 2. The Morgan fingerprint density at radius 3 is 2.31 bits per heavy atom. The maximum Gasteiger partial charge on any atom is 0.262 e. The molecule has 3 aromatic carbocycles. The van der Waals surface area contributed by atoms with Gasteiger partial charge in [0.1, 0.15) is 0 Å². The number of hydrazone groups is 1. The van der Waals surface area contributed by atoms with Gasteiger partial charge in [0.2, 0.25) is 0 Å². The predicted molar refractivity (Wildman–Crippen MR) is 163 cm³/mol. The minimum Gasteiger partial charge on any atom is -0.490 e. The van der Waals surface area contributed by atoms with Crippen molar-refractivity contribution in [2.75, 3.05) is 30.4 Å². The monoisotopic (exact) mass is 658 g/mol. The summed E-state index contributed by atoms with van der Waals surface area (Å²) >= 11 is 6.98. The van der Waals surface area contributed by atoms with Crippen LogP contribution in [-0.2, 0) is 9.59 Å². The SMILES string of the molecule is CCOc1cc(/C=N\NC(=O)CNc2ccc(C)c(C)c2)cc(Br)c1OCC(=O)Nc1cc(C)c(C)cc1Br. The molecule has 39 heavy (non-hydrogen) atoms. The van der Waals surface area contributed by atoms with Gasteiger partial charge in [-0.3, -0.25) is 9.59 Å². The second kappa shape index (κ2) is 14.1. The third-order valence-corrected chi connectivity index (χ3v) is 7.14. The molecule has 206 valence electrons. The smallest absolute Gasteiger partial charge is 0.262 e. The molecule has 0 saturated heterocycles. The molecule has 3 aromatic rings. The number of amides is 2. The number of nitrogens with one attached hydrogen (secondary N) is 3. The summed E-state index contributed by atoms with van der Waals surface area (Å²) in [5.74, 6) is 0.243. The van der Waals surface area contributed by atoms with Gasteiger partial charge < -0.3 is 20.1 Å². The summed E-state index contributed by atoms with van der Waals surface area (Å²) in [6, 6.07) is 13.3. The molecule has 0 spiro atoms. The van der Waals surface area contributed by atoms with Crippen LogP contribution in [0.3, 0.4) is 0 Å². The molecule has 0 aliphatic carbocycles. The Bertz CT molecular complexity index is 1390. The van der Waals surface area contributed by atoms with Crippen molar-refractivity contribution in [2.24, 2.45) is 5.10 Å². The summed E-state index contributed by atoms with van der Waals surface area (Å²) in [4.78, 5) is 24.8. The van der Waals surface area contributed by atoms with Crippen molar-refractivity contribution in [1.29, 1.82) is 0 Å². The van der Waals surface area contributed by atoms with E-state index in [-0.39, 0.29) is 25.0 Å². The number of aryl methyl sites for hydroxylation is 4. The molecule has 3 N–H and O–H groups in total. The van der Waals surface area contributed by atoms with Crippen molar-refractivity contribution in [3.05, 3.63) is 79.2 Å². The molecule has 0 aliphatic heterocycles. The Morgan fingerprint density at radius 1 is 0.872 bits per heavy atom. The number of benzene rings is 3. The second-order valence-corrected chi connectivity index (χ2v) is 10.7. The Morgan fingerprint density at radius 2 is 1.59 bits per heavy atom. The number of carbonyl (C=O) groups excluding carboxylic acids is 2. The van der Waals surface area contributed by atoms with E-state index in [1.54, 1.807) is 12.1 Å². The first-order valence-corrected chi connectivity index (χ1v) is 13.9. The highest BCUT2D eigenvalue weighted by Gasteiger charge is 2.15. The van der Waals surface area contributed by atoms with Crippen LogP contribution in [0.4, 0.5) is 11.4 Å². The van der Waals surface area contributed by atoms with Gasteiger partial charge in [0, 0.05) is 10.2 Å². The van der Waals surface area contributed by atoms with Crippen molar-refractivity contribution in [3.63, 3.8) is 0 Å². The normalized spacial score (nSPS) is 10.8. The van der Waals surface area contributed by atoms with E-state index in [2.05, 4.69) is 53.0 Å². The van der Waals surface area contributed by atoms with Crippen molar-refractivity contribution in [2.45, 2.75) is 34.6 Å². The van der Waals surface area contributed by atoms with Crippen LogP contribution in [0.25, 0.3) is 0 Å². The summed E-state index contributed by atoms with van der Waals surface area (Å²) in [5.41, 5.74) is 9.26. The Labute approximate surface area is 245 Å². The van der Waals surface area contributed by atoms with E-state index in [9.17, 15) is 9.59 Å². The first-order valence-electron chi connectivity index (χ1n) is 12.4. The third kappa shape index (κ3) is 8.83. The molecule has 0 heterocycles. The minimum atomic E-state index is -0.309. The highest BCUT2D eigenvalue weighted by Crippen LogP contribution is 2.36. The van der Waals surface area contributed by atoms with Crippen LogP contribution >= 0.6 is 31.9 Å². The first kappa shape index (κ1) is 30.2. The number of hydrogen-bond acceptors (Lipinski definition) is 6. The number of carbonyl (C=O) groups is 2. The summed E-state index contributed by atoms with van der Waals surface area (Å²) in [5, 5.41) is 10.00. The van der Waals surface area contributed by atoms with Gasteiger partial charge in [-0.25, -0.2) is 5.43 Å². The molecule has 0 radical (unpaired) electrons. The van der Waals surface area contributed by atoms with Gasteiger partial charge in [-0.15, -0.1) is 0 Å². The lowest BCUT2D eigenvalue weighted by molar-refractivity contribution is -0.119. The van der Waals surface area contributed by atoms with E-state index < -0.39 is 0 Å². The van der Waals surface area contributed by atoms with Crippen LogP contribution in [-0.4, -0.2) is 37.8 Å². The third-order valence-electron chi connectivity index (χ3n) is 5.90. The molecule has 8 nitrogen and oxygen atoms in total. The van der Waals surface area contributed by atoms with Crippen LogP contribution in [0.2, 0.25) is 0 Å². The molecule has 2 amide bonds. The van der Waals surface area contributed by atoms with E-state index >= 15 is 0 Å². The van der Waals surface area contributed by atoms with Gasteiger partial charge in [0.05, 0.1) is 29.5 Å². The maximum atomic E-state index is 12.6. The van der Waals surface area contributed by atoms with Crippen molar-refractivity contribution >= 4 is 61.3 Å². The highest BCUT2D eigenvalue weighted by atomic mass is 79.9. The average Bonchev–Trinajstić information content (AvgIpc) is 2.87. The summed E-state index contributed by atoms with van der Waals surface area (Å²) < 4.78 is 12.9. The quantitative estimate of drug-likeness (QED) is 0.163. The van der Waals surface area contributed by atoms with Crippen LogP contribution in [0, 0.1) is 27.7 Å². The van der Waals surface area contributed by atoms with Crippen molar-refractivity contribution < 1.29 is 19.1 Å². The second-order valence-electron chi connectivity index (χ2n) is 8.96. The molecular formula is C29H32Br2N4O4. The van der Waals surface area contributed by atoms with Gasteiger partial charge in [0.25, 0.3) is 11.8 Å². The predicted octanol–water partition coefficient (Wildman–Crippen LogP) is 6.42. The molecule has 0 unspecified atom stereocenters. The van der Waals surface area contributed by atoms with Crippen LogP contribution in [0.15, 0.2) is 56.5 Å². The Balaban J connectivity index is 1.59. The van der Waals surface area contributed by atoms with Crippen molar-refractivity contribution in [3.8, 4) is 11.5 Å². The van der Waals surface area contributed by atoms with Crippen LogP contribution in [0.5, 0.6) is 11.5 Å². The topological polar surface area (TPSA) is 101 Å². The molecule has 0 bridgehead atoms. The van der Waals surface area contributed by atoms with Gasteiger partial charge in [-0.05, 0) is 131 Å². The highest BCUT2D eigenvalue weighted by molar-refractivity contribution is 9.11. The van der Waals surface area contributed by atoms with Crippen LogP contribution < -0.4 is 25.5 Å². The first-order chi connectivity index (χ1) is 18.6. The van der Waals surface area contributed by atoms with E-state index in [0.717, 1.165) is 26.9 Å². The molecule has 0 saturated carbocycles. The summed E-state index contributed by atoms with van der Waals surface area (Å²) in [7, 11) is 0. The fourth-order valence-corrected chi connectivity index (χ4v) is 4.65. The fraction of sp³-hybridized carbons (Fsp3) is 0.276. The number of ether oxygens (including phenoxy) is 2. The Hall–Kier alpha value is -3.37. The van der Waals surface area contributed by atoms with Gasteiger partial charge in [-0.1, -0.05) is 6.07 Å². The lowest BCUT2D eigenvalue weighted by Gasteiger charge is -2.15. The number of anilines is 2. The molecule has 0 aliphatic rings. The standard InChI is InChI=1S/C29H32Br2N4O4/c1-6-38-26-13-21(14-33-35-27(36)15-32-22-8-7-17(2)18(3)9-22)12-24(31)29(26)39-16-28(37)34-25-11-20(5)19(4)10-23(25)30/h7-14,32H,6,15-16H2,1-5H3,(H,34,37)(H,35,36)/b33-14-. The molecule has 0 fully saturated rings. The average molecular weight is 660 g/mol. The fourth-order valence-electron chi connectivity index (χ4n) is 3.52. The summed E-state index contributed by atoms with van der Waals surface area (Å²) in [6.45, 7) is 10.2. The van der Waals surface area contributed by atoms with E-state index in [0.29, 0.717) is 33.8 Å². The lowest BCUT2D eigenvalue weighted by Crippen LogP contribution is -2.25. The number of rotatable bonds is 11. The van der Waals surface area contributed by atoms with E-state index in [4.69, 9.17) is 9.47 Å². The van der Waals surface area contributed by atoms with Gasteiger partial charge >= 0.3 is 0 Å². The zero-order valence-corrected chi connectivity index (χ0v) is 25.7. The van der Waals surface area contributed by atoms with Gasteiger partial charge in [0.15, 0.2) is 18.1 Å². The van der Waals surface area contributed by atoms with Crippen molar-refractivity contribution in [1.82, 2.24) is 5.43 Å². The zero-order chi connectivity index (χ0) is 28.5. The van der Waals surface area contributed by atoms with E-state index in [1.165, 1.54) is 11.8 Å². The number of nitrogens with zero attached hydrogens (tertiary/aromatic N) is 1. The zero-order valence-electron chi connectivity index (χ0n) is 22.6. The maximum absolute atomic E-state index is 12.6. The molecule has 3 rings (SSSR count). The molecule has 10 heteroatoms.